The summed E-state index contributed by atoms with van der Waals surface area (Å²) in [6.07, 6.45) is 3.42. The molecule has 1 aliphatic heterocycles. The summed E-state index contributed by atoms with van der Waals surface area (Å²) in [5.41, 5.74) is 1.60. The van der Waals surface area contributed by atoms with E-state index in [1.807, 2.05) is 7.05 Å². The summed E-state index contributed by atoms with van der Waals surface area (Å²) in [6.45, 7) is 6.29. The summed E-state index contributed by atoms with van der Waals surface area (Å²) >= 11 is 0. The van der Waals surface area contributed by atoms with Gasteiger partial charge in [0.15, 0.2) is 0 Å². The first-order valence-electron chi connectivity index (χ1n) is 6.29. The molecule has 0 aromatic carbocycles. The van der Waals surface area contributed by atoms with Crippen molar-refractivity contribution < 1.29 is 0 Å². The van der Waals surface area contributed by atoms with E-state index in [1.54, 1.807) is 18.5 Å². The van der Waals surface area contributed by atoms with E-state index in [1.165, 1.54) is 0 Å². The molecule has 1 fully saturated rings. The highest BCUT2D eigenvalue weighted by atomic mass is 15.2. The molecule has 96 valence electrons. The van der Waals surface area contributed by atoms with Crippen molar-refractivity contribution in [1.29, 1.82) is 5.26 Å². The molecule has 0 saturated carbocycles. The van der Waals surface area contributed by atoms with Crippen molar-refractivity contribution in [3.8, 4) is 6.07 Å². The van der Waals surface area contributed by atoms with Gasteiger partial charge in [0.05, 0.1) is 17.4 Å². The minimum Gasteiger partial charge on any atom is -0.371 e. The Morgan fingerprint density at radius 2 is 2.28 bits per heavy atom. The van der Waals surface area contributed by atoms with Gasteiger partial charge in [-0.1, -0.05) is 0 Å². The number of hydrogen-bond donors (Lipinski definition) is 1. The fourth-order valence-electron chi connectivity index (χ4n) is 2.13. The van der Waals surface area contributed by atoms with E-state index in [0.717, 1.165) is 45.0 Å². The first-order chi connectivity index (χ1) is 8.81. The normalized spacial score (nSPS) is 16.2. The van der Waals surface area contributed by atoms with E-state index >= 15 is 0 Å². The molecule has 2 heterocycles. The second-order valence-electron chi connectivity index (χ2n) is 4.52. The van der Waals surface area contributed by atoms with Crippen molar-refractivity contribution in [3.63, 3.8) is 0 Å². The summed E-state index contributed by atoms with van der Waals surface area (Å²) in [5, 5.41) is 12.4. The molecule has 5 heteroatoms. The van der Waals surface area contributed by atoms with Crippen LogP contribution in [0.1, 0.15) is 5.56 Å². The summed E-state index contributed by atoms with van der Waals surface area (Å²) in [7, 11) is 2.01. The van der Waals surface area contributed by atoms with E-state index in [4.69, 9.17) is 5.26 Å². The number of nitrogens with zero attached hydrogens (tertiary/aromatic N) is 4. The van der Waals surface area contributed by atoms with E-state index in [0.29, 0.717) is 5.56 Å². The van der Waals surface area contributed by atoms with Crippen molar-refractivity contribution in [2.24, 2.45) is 0 Å². The molecule has 1 saturated heterocycles. The predicted molar refractivity (Wildman–Crippen MR) is 71.5 cm³/mol. The van der Waals surface area contributed by atoms with Crippen LogP contribution in [0.2, 0.25) is 0 Å². The van der Waals surface area contributed by atoms with Gasteiger partial charge in [0, 0.05) is 52.5 Å². The molecule has 2 rings (SSSR count). The first-order valence-corrected chi connectivity index (χ1v) is 6.29. The van der Waals surface area contributed by atoms with Crippen LogP contribution >= 0.6 is 0 Å². The Hall–Kier alpha value is -1.64. The van der Waals surface area contributed by atoms with Crippen LogP contribution in [0.15, 0.2) is 18.5 Å². The van der Waals surface area contributed by atoms with Crippen molar-refractivity contribution in [2.75, 3.05) is 51.2 Å². The highest BCUT2D eigenvalue weighted by molar-refractivity contribution is 5.56. The monoisotopic (exact) mass is 245 g/mol. The zero-order chi connectivity index (χ0) is 12.8. The molecule has 1 aliphatic rings. The molecule has 0 amide bonds. The van der Waals surface area contributed by atoms with Gasteiger partial charge >= 0.3 is 0 Å². The van der Waals surface area contributed by atoms with Crippen molar-refractivity contribution >= 4 is 5.69 Å². The minimum atomic E-state index is 0.688. The topological polar surface area (TPSA) is 55.2 Å². The summed E-state index contributed by atoms with van der Waals surface area (Å²) in [4.78, 5) is 8.64. The van der Waals surface area contributed by atoms with Crippen LogP contribution in [0.3, 0.4) is 0 Å². The lowest BCUT2D eigenvalue weighted by molar-refractivity contribution is 0.246. The quantitative estimate of drug-likeness (QED) is 0.826. The van der Waals surface area contributed by atoms with Crippen LogP contribution in [0.25, 0.3) is 0 Å². The van der Waals surface area contributed by atoms with E-state index in [9.17, 15) is 0 Å². The van der Waals surface area contributed by atoms with E-state index in [-0.39, 0.29) is 0 Å². The van der Waals surface area contributed by atoms with Gasteiger partial charge in [-0.15, -0.1) is 0 Å². The standard InChI is InChI=1S/C13H19N5/c1-17(8-9-18-6-4-15-5-7-18)13-11-16-3-2-12(13)10-14/h2-3,11,15H,4-9H2,1H3. The van der Waals surface area contributed by atoms with Gasteiger partial charge in [-0.2, -0.15) is 5.26 Å². The molecule has 0 atom stereocenters. The molecule has 1 aromatic rings. The second kappa shape index (κ2) is 6.34. The molecular formula is C13H19N5. The third-order valence-electron chi connectivity index (χ3n) is 3.29. The zero-order valence-corrected chi connectivity index (χ0v) is 10.8. The third-order valence-corrected chi connectivity index (χ3v) is 3.29. The number of nitrogens with one attached hydrogen (secondary N) is 1. The Bertz CT molecular complexity index is 420. The van der Waals surface area contributed by atoms with Gasteiger partial charge in [0.1, 0.15) is 6.07 Å². The van der Waals surface area contributed by atoms with Crippen molar-refractivity contribution in [2.45, 2.75) is 0 Å². The molecule has 1 aromatic heterocycles. The van der Waals surface area contributed by atoms with E-state index < -0.39 is 0 Å². The van der Waals surface area contributed by atoms with Crippen LogP contribution in [-0.2, 0) is 0 Å². The predicted octanol–water partition coefficient (Wildman–Crippen LogP) is 0.295. The highest BCUT2D eigenvalue weighted by Crippen LogP contribution is 2.16. The van der Waals surface area contributed by atoms with Gasteiger partial charge in [-0.3, -0.25) is 9.88 Å². The lowest BCUT2D eigenvalue weighted by Crippen LogP contribution is -2.46. The molecule has 0 spiro atoms. The molecule has 0 unspecified atom stereocenters. The molecule has 0 radical (unpaired) electrons. The Morgan fingerprint density at radius 3 is 3.00 bits per heavy atom. The van der Waals surface area contributed by atoms with Crippen LogP contribution in [0.5, 0.6) is 0 Å². The maximum atomic E-state index is 9.06. The number of likely N-dealkylation sites (N-methyl/N-ethyl adjacent to an activating group) is 1. The number of aromatic nitrogens is 1. The van der Waals surface area contributed by atoms with Gasteiger partial charge in [-0.25, -0.2) is 0 Å². The molecule has 5 nitrogen and oxygen atoms in total. The minimum absolute atomic E-state index is 0.688. The number of anilines is 1. The number of piperazine rings is 1. The average molecular weight is 245 g/mol. The maximum Gasteiger partial charge on any atom is 0.101 e. The molecule has 18 heavy (non-hydrogen) atoms. The Morgan fingerprint density at radius 1 is 1.50 bits per heavy atom. The largest absolute Gasteiger partial charge is 0.371 e. The smallest absolute Gasteiger partial charge is 0.101 e. The zero-order valence-electron chi connectivity index (χ0n) is 10.8. The van der Waals surface area contributed by atoms with Gasteiger partial charge < -0.3 is 10.2 Å². The third kappa shape index (κ3) is 3.19. The maximum absolute atomic E-state index is 9.06. The van der Waals surface area contributed by atoms with Gasteiger partial charge in [0.2, 0.25) is 0 Å². The first kappa shape index (κ1) is 12.8. The molecule has 0 aliphatic carbocycles. The summed E-state index contributed by atoms with van der Waals surface area (Å²) in [5.74, 6) is 0. The SMILES string of the molecule is CN(CCN1CCNCC1)c1cnccc1C#N. The van der Waals surface area contributed by atoms with Crippen molar-refractivity contribution in [1.82, 2.24) is 15.2 Å². The van der Waals surface area contributed by atoms with Crippen molar-refractivity contribution in [3.05, 3.63) is 24.0 Å². The fourth-order valence-corrected chi connectivity index (χ4v) is 2.13. The molecule has 1 N–H and O–H groups in total. The van der Waals surface area contributed by atoms with E-state index in [2.05, 4.69) is 26.2 Å². The number of rotatable bonds is 4. The summed E-state index contributed by atoms with van der Waals surface area (Å²) in [6, 6.07) is 3.97. The van der Waals surface area contributed by atoms with Crippen LogP contribution < -0.4 is 10.2 Å². The Balaban J connectivity index is 1.91. The van der Waals surface area contributed by atoms with Crippen LogP contribution in [-0.4, -0.2) is 56.2 Å². The lowest BCUT2D eigenvalue weighted by atomic mass is 10.2. The Labute approximate surface area is 108 Å². The van der Waals surface area contributed by atoms with Crippen LogP contribution in [0.4, 0.5) is 5.69 Å². The number of nitriles is 1. The lowest BCUT2D eigenvalue weighted by Gasteiger charge is -2.29. The fraction of sp³-hybridized carbons (Fsp3) is 0.538. The van der Waals surface area contributed by atoms with Gasteiger partial charge in [-0.05, 0) is 6.07 Å². The molecular weight excluding hydrogens is 226 g/mol. The number of hydrogen-bond acceptors (Lipinski definition) is 5. The molecule has 0 bridgehead atoms. The summed E-state index contributed by atoms with van der Waals surface area (Å²) < 4.78 is 0. The second-order valence-corrected chi connectivity index (χ2v) is 4.52. The van der Waals surface area contributed by atoms with Crippen LogP contribution in [0, 0.1) is 11.3 Å². The highest BCUT2D eigenvalue weighted by Gasteiger charge is 2.12. The Kier molecular flexibility index (Phi) is 4.51. The average Bonchev–Trinajstić information content (AvgIpc) is 2.45. The number of pyridine rings is 1. The van der Waals surface area contributed by atoms with Gasteiger partial charge in [0.25, 0.3) is 0 Å².